The zero-order valence-corrected chi connectivity index (χ0v) is 14.8. The molecule has 2 atom stereocenters. The van der Waals surface area contributed by atoms with Crippen molar-refractivity contribution in [1.29, 1.82) is 0 Å². The lowest BCUT2D eigenvalue weighted by molar-refractivity contribution is 0.0758. The summed E-state index contributed by atoms with van der Waals surface area (Å²) in [6.07, 6.45) is 0.459. The minimum Gasteiger partial charge on any atom is -0.488 e. The molecule has 1 amide bonds. The monoisotopic (exact) mass is 339 g/mol. The van der Waals surface area contributed by atoms with Gasteiger partial charge in [-0.2, -0.15) is 0 Å². The number of amides is 1. The van der Waals surface area contributed by atoms with E-state index in [9.17, 15) is 9.90 Å². The smallest absolute Gasteiger partial charge is 0.257 e. The molecule has 2 aromatic carbocycles. The Labute approximate surface area is 149 Å². The van der Waals surface area contributed by atoms with Gasteiger partial charge >= 0.3 is 0 Å². The highest BCUT2D eigenvalue weighted by Gasteiger charge is 2.30. The lowest BCUT2D eigenvalue weighted by Crippen LogP contribution is -2.30. The molecular weight excluding hydrogens is 314 g/mol. The summed E-state index contributed by atoms with van der Waals surface area (Å²) in [6, 6.07) is 15.5. The fraction of sp³-hybridized carbons (Fsp3) is 0.381. The first-order chi connectivity index (χ1) is 12.1. The van der Waals surface area contributed by atoms with Crippen molar-refractivity contribution in [3.63, 3.8) is 0 Å². The van der Waals surface area contributed by atoms with Crippen LogP contribution in [0.1, 0.15) is 34.8 Å². The number of aryl methyl sites for hydroxylation is 1. The first-order valence-electron chi connectivity index (χ1n) is 8.80. The molecule has 132 valence electrons. The van der Waals surface area contributed by atoms with E-state index in [-0.39, 0.29) is 17.9 Å². The normalized spacial score (nSPS) is 18.2. The standard InChI is InChI=1S/C21H25NO3/c1-15-7-3-4-8-18(15)14-25-20-10-6-5-9-19(20)21(24)22-12-11-17(13-22)16(2)23/h3-10,16-17,23H,11-14H2,1-2H3. The van der Waals surface area contributed by atoms with Crippen LogP contribution in [0.5, 0.6) is 5.75 Å². The molecule has 3 rings (SSSR count). The van der Waals surface area contributed by atoms with E-state index in [1.807, 2.05) is 47.4 Å². The minimum absolute atomic E-state index is 0.0245. The SMILES string of the molecule is Cc1ccccc1COc1ccccc1C(=O)N1CCC(C(C)O)C1. The second-order valence-electron chi connectivity index (χ2n) is 6.75. The zero-order chi connectivity index (χ0) is 17.8. The number of hydrogen-bond donors (Lipinski definition) is 1. The molecular formula is C21H25NO3. The molecule has 2 aromatic rings. The molecule has 25 heavy (non-hydrogen) atoms. The first kappa shape index (κ1) is 17.5. The van der Waals surface area contributed by atoms with E-state index >= 15 is 0 Å². The van der Waals surface area contributed by atoms with Gasteiger partial charge in [0.15, 0.2) is 0 Å². The van der Waals surface area contributed by atoms with Gasteiger partial charge in [-0.05, 0) is 43.5 Å². The summed E-state index contributed by atoms with van der Waals surface area (Å²) >= 11 is 0. The summed E-state index contributed by atoms with van der Waals surface area (Å²) in [7, 11) is 0. The Balaban J connectivity index is 1.73. The van der Waals surface area contributed by atoms with Crippen LogP contribution in [-0.4, -0.2) is 35.1 Å². The summed E-state index contributed by atoms with van der Waals surface area (Å²) in [4.78, 5) is 14.7. The van der Waals surface area contributed by atoms with Crippen molar-refractivity contribution in [2.24, 2.45) is 5.92 Å². The highest BCUT2D eigenvalue weighted by Crippen LogP contribution is 2.26. The predicted octanol–water partition coefficient (Wildman–Crippen LogP) is 3.42. The molecule has 0 aliphatic carbocycles. The maximum absolute atomic E-state index is 12.9. The zero-order valence-electron chi connectivity index (χ0n) is 14.8. The van der Waals surface area contributed by atoms with E-state index in [4.69, 9.17) is 4.74 Å². The quantitative estimate of drug-likeness (QED) is 0.908. The highest BCUT2D eigenvalue weighted by molar-refractivity contribution is 5.97. The molecule has 0 aromatic heterocycles. The van der Waals surface area contributed by atoms with E-state index in [0.29, 0.717) is 31.0 Å². The van der Waals surface area contributed by atoms with Crippen LogP contribution in [0.2, 0.25) is 0 Å². The largest absolute Gasteiger partial charge is 0.488 e. The lowest BCUT2D eigenvalue weighted by atomic mass is 10.0. The van der Waals surface area contributed by atoms with E-state index in [2.05, 4.69) is 13.0 Å². The Morgan fingerprint density at radius 3 is 2.68 bits per heavy atom. The Bertz CT molecular complexity index is 741. The van der Waals surface area contributed by atoms with Gasteiger partial charge in [-0.3, -0.25) is 4.79 Å². The van der Waals surface area contributed by atoms with Crippen LogP contribution in [0.15, 0.2) is 48.5 Å². The van der Waals surface area contributed by atoms with Gasteiger partial charge in [0, 0.05) is 19.0 Å². The van der Waals surface area contributed by atoms with Crippen molar-refractivity contribution in [3.8, 4) is 5.75 Å². The van der Waals surface area contributed by atoms with Gasteiger partial charge in [0.2, 0.25) is 0 Å². The van der Waals surface area contributed by atoms with Gasteiger partial charge in [-0.25, -0.2) is 0 Å². The highest BCUT2D eigenvalue weighted by atomic mass is 16.5. The van der Waals surface area contributed by atoms with Crippen LogP contribution in [-0.2, 0) is 6.61 Å². The van der Waals surface area contributed by atoms with E-state index in [1.54, 1.807) is 6.92 Å². The number of likely N-dealkylation sites (tertiary alicyclic amines) is 1. The topological polar surface area (TPSA) is 49.8 Å². The van der Waals surface area contributed by atoms with Gasteiger partial charge < -0.3 is 14.7 Å². The van der Waals surface area contributed by atoms with Crippen molar-refractivity contribution < 1.29 is 14.6 Å². The molecule has 1 N–H and O–H groups in total. The number of carbonyl (C=O) groups is 1. The fourth-order valence-corrected chi connectivity index (χ4v) is 3.23. The summed E-state index contributed by atoms with van der Waals surface area (Å²) in [5.74, 6) is 0.740. The van der Waals surface area contributed by atoms with E-state index in [0.717, 1.165) is 12.0 Å². The second kappa shape index (κ2) is 7.70. The number of para-hydroxylation sites is 1. The van der Waals surface area contributed by atoms with Gasteiger partial charge in [0.05, 0.1) is 11.7 Å². The number of aliphatic hydroxyl groups is 1. The molecule has 1 saturated heterocycles. The molecule has 1 heterocycles. The average molecular weight is 339 g/mol. The van der Waals surface area contributed by atoms with Crippen molar-refractivity contribution in [2.75, 3.05) is 13.1 Å². The number of aliphatic hydroxyl groups excluding tert-OH is 1. The molecule has 1 aliphatic heterocycles. The number of hydrogen-bond acceptors (Lipinski definition) is 3. The average Bonchev–Trinajstić information content (AvgIpc) is 3.11. The number of benzene rings is 2. The summed E-state index contributed by atoms with van der Waals surface area (Å²) in [5.41, 5.74) is 2.87. The molecule has 0 spiro atoms. The number of ether oxygens (including phenoxy) is 1. The molecule has 0 radical (unpaired) electrons. The van der Waals surface area contributed by atoms with Crippen LogP contribution in [0.4, 0.5) is 0 Å². The lowest BCUT2D eigenvalue weighted by Gasteiger charge is -2.19. The van der Waals surface area contributed by atoms with Crippen LogP contribution in [0.3, 0.4) is 0 Å². The summed E-state index contributed by atoms with van der Waals surface area (Å²) in [6.45, 7) is 5.56. The number of rotatable bonds is 5. The van der Waals surface area contributed by atoms with Crippen molar-refractivity contribution >= 4 is 5.91 Å². The van der Waals surface area contributed by atoms with Gasteiger partial charge in [0.1, 0.15) is 12.4 Å². The van der Waals surface area contributed by atoms with Crippen LogP contribution < -0.4 is 4.74 Å². The number of nitrogens with zero attached hydrogens (tertiary/aromatic N) is 1. The minimum atomic E-state index is -0.384. The third-order valence-corrected chi connectivity index (χ3v) is 4.96. The summed E-state index contributed by atoms with van der Waals surface area (Å²) < 4.78 is 5.96. The third kappa shape index (κ3) is 4.02. The van der Waals surface area contributed by atoms with Crippen LogP contribution in [0.25, 0.3) is 0 Å². The van der Waals surface area contributed by atoms with Gasteiger partial charge in [0.25, 0.3) is 5.91 Å². The van der Waals surface area contributed by atoms with E-state index < -0.39 is 0 Å². The fourth-order valence-electron chi connectivity index (χ4n) is 3.23. The van der Waals surface area contributed by atoms with Crippen molar-refractivity contribution in [1.82, 2.24) is 4.90 Å². The van der Waals surface area contributed by atoms with Crippen molar-refractivity contribution in [2.45, 2.75) is 33.0 Å². The maximum Gasteiger partial charge on any atom is 0.257 e. The van der Waals surface area contributed by atoms with E-state index in [1.165, 1.54) is 5.56 Å². The van der Waals surface area contributed by atoms with Crippen molar-refractivity contribution in [3.05, 3.63) is 65.2 Å². The molecule has 4 nitrogen and oxygen atoms in total. The van der Waals surface area contributed by atoms with Crippen LogP contribution in [0, 0.1) is 12.8 Å². The second-order valence-corrected chi connectivity index (χ2v) is 6.75. The third-order valence-electron chi connectivity index (χ3n) is 4.96. The number of carbonyl (C=O) groups excluding carboxylic acids is 1. The molecule has 1 aliphatic rings. The Kier molecular flexibility index (Phi) is 5.39. The van der Waals surface area contributed by atoms with Gasteiger partial charge in [-0.15, -0.1) is 0 Å². The summed E-state index contributed by atoms with van der Waals surface area (Å²) in [5, 5.41) is 9.75. The molecule has 1 fully saturated rings. The van der Waals surface area contributed by atoms with Crippen LogP contribution >= 0.6 is 0 Å². The first-order valence-corrected chi connectivity index (χ1v) is 8.80. The molecule has 4 heteroatoms. The molecule has 0 saturated carbocycles. The predicted molar refractivity (Wildman–Crippen MR) is 97.6 cm³/mol. The maximum atomic E-state index is 12.9. The molecule has 0 bridgehead atoms. The van der Waals surface area contributed by atoms with Gasteiger partial charge in [-0.1, -0.05) is 36.4 Å². The Hall–Kier alpha value is -2.33. The Morgan fingerprint density at radius 2 is 1.96 bits per heavy atom. The Morgan fingerprint density at radius 1 is 1.24 bits per heavy atom. The molecule has 2 unspecified atom stereocenters.